The summed E-state index contributed by atoms with van der Waals surface area (Å²) in [5.41, 5.74) is 2.13. The topological polar surface area (TPSA) is 71.8 Å². The van der Waals surface area contributed by atoms with Crippen LogP contribution in [0.25, 0.3) is 0 Å². The van der Waals surface area contributed by atoms with Crippen molar-refractivity contribution < 1.29 is 18.4 Å². The normalized spacial score (nSPS) is 11.2. The van der Waals surface area contributed by atoms with Crippen LogP contribution in [0, 0.1) is 11.6 Å². The zero-order valence-electron chi connectivity index (χ0n) is 15.4. The van der Waals surface area contributed by atoms with E-state index >= 15 is 0 Å². The van der Waals surface area contributed by atoms with Crippen molar-refractivity contribution in [3.8, 4) is 11.5 Å². The lowest BCUT2D eigenvalue weighted by molar-refractivity contribution is 0.179. The number of aromatic nitrogens is 1. The number of pyridine rings is 1. The van der Waals surface area contributed by atoms with Gasteiger partial charge >= 0.3 is 0 Å². The first-order chi connectivity index (χ1) is 13.2. The minimum absolute atomic E-state index is 0.0111. The first-order valence-electron chi connectivity index (χ1n) is 8.46. The molecule has 0 bridgehead atoms. The fourth-order valence-electron chi connectivity index (χ4n) is 2.62. The van der Waals surface area contributed by atoms with Crippen molar-refractivity contribution in [2.75, 3.05) is 10.6 Å². The lowest BCUT2D eigenvalue weighted by Gasteiger charge is -2.23. The van der Waals surface area contributed by atoms with Gasteiger partial charge in [0.15, 0.2) is 0 Å². The molecule has 0 amide bonds. The third-order valence-corrected chi connectivity index (χ3v) is 5.69. The maximum Gasteiger partial charge on any atom is 0.232 e. The molecule has 0 spiro atoms. The Bertz CT molecular complexity index is 1120. The van der Waals surface area contributed by atoms with Crippen molar-refractivity contribution >= 4 is 27.9 Å². The molecule has 0 aliphatic heterocycles. The standard InChI is InChI=1S/C20H20N2O4S2/c1-15-5-9-18(10-6-15)26-19-11-7-17(8-12-19)22(28(2,24)25)14-16-4-3-13-21(23)20(16)27/h3-13,23H,14H2,1-2H3. The molecule has 1 N–H and O–H groups in total. The highest BCUT2D eigenvalue weighted by molar-refractivity contribution is 7.92. The number of ether oxygens (including phenoxy) is 1. The van der Waals surface area contributed by atoms with E-state index in [2.05, 4.69) is 0 Å². The Morgan fingerprint density at radius 3 is 2.18 bits per heavy atom. The van der Waals surface area contributed by atoms with Crippen LogP contribution < -0.4 is 9.04 Å². The van der Waals surface area contributed by atoms with Gasteiger partial charge in [0.25, 0.3) is 0 Å². The number of sulfonamides is 1. The van der Waals surface area contributed by atoms with Crippen LogP contribution in [0.1, 0.15) is 11.1 Å². The van der Waals surface area contributed by atoms with Crippen LogP contribution in [-0.2, 0) is 16.6 Å². The third kappa shape index (κ3) is 4.71. The Balaban J connectivity index is 1.86. The molecule has 1 heterocycles. The molecule has 28 heavy (non-hydrogen) atoms. The number of benzene rings is 2. The van der Waals surface area contributed by atoms with Gasteiger partial charge in [0, 0.05) is 11.8 Å². The minimum atomic E-state index is -3.57. The molecular formula is C20H20N2O4S2. The first kappa shape index (κ1) is 19.9. The van der Waals surface area contributed by atoms with Gasteiger partial charge in [0.05, 0.1) is 18.5 Å². The molecule has 3 rings (SSSR count). The highest BCUT2D eigenvalue weighted by Crippen LogP contribution is 2.27. The zero-order chi connectivity index (χ0) is 20.3. The highest BCUT2D eigenvalue weighted by Gasteiger charge is 2.19. The molecule has 0 fully saturated rings. The maximum atomic E-state index is 12.3. The molecule has 6 nitrogen and oxygen atoms in total. The number of anilines is 1. The van der Waals surface area contributed by atoms with Crippen molar-refractivity contribution in [1.29, 1.82) is 0 Å². The SMILES string of the molecule is Cc1ccc(Oc2ccc(N(Cc3cccn(O)c3=S)S(C)(=O)=O)cc2)cc1. The molecule has 0 atom stereocenters. The molecule has 1 aromatic heterocycles. The van der Waals surface area contributed by atoms with Crippen LogP contribution in [0.2, 0.25) is 0 Å². The first-order valence-corrected chi connectivity index (χ1v) is 10.7. The van der Waals surface area contributed by atoms with Gasteiger partial charge in [0.2, 0.25) is 10.0 Å². The summed E-state index contributed by atoms with van der Waals surface area (Å²) in [6.07, 6.45) is 2.52. The molecule has 146 valence electrons. The molecule has 0 radical (unpaired) electrons. The second kappa shape index (κ2) is 8.04. The van der Waals surface area contributed by atoms with Crippen molar-refractivity contribution in [2.24, 2.45) is 0 Å². The van der Waals surface area contributed by atoms with E-state index < -0.39 is 10.0 Å². The van der Waals surface area contributed by atoms with E-state index in [1.54, 1.807) is 36.4 Å². The highest BCUT2D eigenvalue weighted by atomic mass is 32.2. The van der Waals surface area contributed by atoms with E-state index in [1.807, 2.05) is 31.2 Å². The van der Waals surface area contributed by atoms with E-state index in [1.165, 1.54) is 10.5 Å². The Morgan fingerprint density at radius 1 is 1.04 bits per heavy atom. The van der Waals surface area contributed by atoms with Gasteiger partial charge in [0.1, 0.15) is 16.1 Å². The average Bonchev–Trinajstić information content (AvgIpc) is 2.65. The van der Waals surface area contributed by atoms with Crippen molar-refractivity contribution in [3.05, 3.63) is 82.6 Å². The van der Waals surface area contributed by atoms with Gasteiger partial charge in [-0.1, -0.05) is 36.0 Å². The van der Waals surface area contributed by atoms with Gasteiger partial charge in [-0.25, -0.2) is 8.42 Å². The summed E-state index contributed by atoms with van der Waals surface area (Å²) in [5, 5.41) is 9.71. The van der Waals surface area contributed by atoms with Crippen molar-refractivity contribution in [1.82, 2.24) is 4.73 Å². The van der Waals surface area contributed by atoms with Gasteiger partial charge in [-0.05, 0) is 49.4 Å². The summed E-state index contributed by atoms with van der Waals surface area (Å²) in [5.74, 6) is 1.30. The van der Waals surface area contributed by atoms with E-state index in [4.69, 9.17) is 17.0 Å². The fraction of sp³-hybridized carbons (Fsp3) is 0.150. The number of nitrogens with zero attached hydrogens (tertiary/aromatic N) is 2. The van der Waals surface area contributed by atoms with Crippen LogP contribution in [0.4, 0.5) is 5.69 Å². The number of aryl methyl sites for hydroxylation is 1. The van der Waals surface area contributed by atoms with Crippen molar-refractivity contribution in [2.45, 2.75) is 13.5 Å². The molecule has 0 saturated heterocycles. The summed E-state index contributed by atoms with van der Waals surface area (Å²) in [4.78, 5) is 0. The molecule has 3 aromatic rings. The Kier molecular flexibility index (Phi) is 5.71. The largest absolute Gasteiger partial charge is 0.457 e. The minimum Gasteiger partial charge on any atom is -0.457 e. The summed E-state index contributed by atoms with van der Waals surface area (Å²) in [7, 11) is -3.57. The summed E-state index contributed by atoms with van der Waals surface area (Å²) in [6, 6.07) is 17.7. The predicted octanol–water partition coefficient (Wildman–Crippen LogP) is 4.52. The Morgan fingerprint density at radius 2 is 1.61 bits per heavy atom. The van der Waals surface area contributed by atoms with Gasteiger partial charge in [-0.15, -0.1) is 0 Å². The van der Waals surface area contributed by atoms with Gasteiger partial charge < -0.3 is 9.94 Å². The van der Waals surface area contributed by atoms with Crippen LogP contribution in [-0.4, -0.2) is 24.6 Å². The van der Waals surface area contributed by atoms with E-state index in [9.17, 15) is 13.6 Å². The second-order valence-electron chi connectivity index (χ2n) is 6.36. The number of hydrogen-bond donors (Lipinski definition) is 1. The number of rotatable bonds is 6. The molecule has 0 aliphatic carbocycles. The fourth-order valence-corrected chi connectivity index (χ4v) is 3.70. The van der Waals surface area contributed by atoms with Gasteiger partial charge in [-0.2, -0.15) is 4.73 Å². The van der Waals surface area contributed by atoms with E-state index in [-0.39, 0.29) is 11.2 Å². The van der Waals surface area contributed by atoms with Crippen LogP contribution in [0.15, 0.2) is 66.9 Å². The quantitative estimate of drug-likeness (QED) is 0.472. The van der Waals surface area contributed by atoms with E-state index in [0.29, 0.717) is 22.7 Å². The zero-order valence-corrected chi connectivity index (χ0v) is 17.1. The summed E-state index contributed by atoms with van der Waals surface area (Å²) >= 11 is 5.16. The summed E-state index contributed by atoms with van der Waals surface area (Å²) in [6.45, 7) is 2.01. The lowest BCUT2D eigenvalue weighted by Crippen LogP contribution is -2.29. The van der Waals surface area contributed by atoms with Crippen LogP contribution >= 0.6 is 12.2 Å². The molecule has 8 heteroatoms. The molecular weight excluding hydrogens is 396 g/mol. The van der Waals surface area contributed by atoms with Gasteiger partial charge in [-0.3, -0.25) is 4.31 Å². The predicted molar refractivity (Wildman–Crippen MR) is 111 cm³/mol. The Labute approximate surface area is 169 Å². The maximum absolute atomic E-state index is 12.3. The van der Waals surface area contributed by atoms with E-state index in [0.717, 1.165) is 16.5 Å². The number of hydrogen-bond acceptors (Lipinski definition) is 5. The summed E-state index contributed by atoms with van der Waals surface area (Å²) < 4.78 is 32.6. The molecule has 0 saturated carbocycles. The smallest absolute Gasteiger partial charge is 0.232 e. The van der Waals surface area contributed by atoms with Crippen molar-refractivity contribution in [3.63, 3.8) is 0 Å². The Hall–Kier alpha value is -2.84. The van der Waals surface area contributed by atoms with Crippen LogP contribution in [0.5, 0.6) is 11.5 Å². The average molecular weight is 417 g/mol. The second-order valence-corrected chi connectivity index (χ2v) is 8.66. The molecule has 2 aromatic carbocycles. The third-order valence-electron chi connectivity index (χ3n) is 4.10. The monoisotopic (exact) mass is 416 g/mol. The molecule has 0 aliphatic rings. The molecule has 0 unspecified atom stereocenters. The van der Waals surface area contributed by atoms with Crippen LogP contribution in [0.3, 0.4) is 0 Å². The lowest BCUT2D eigenvalue weighted by atomic mass is 10.2.